The van der Waals surface area contributed by atoms with Crippen LogP contribution < -0.4 is 5.32 Å². The molecule has 0 saturated carbocycles. The summed E-state index contributed by atoms with van der Waals surface area (Å²) in [5, 5.41) is 6.80. The molecule has 5 nitrogen and oxygen atoms in total. The highest BCUT2D eigenvalue weighted by Gasteiger charge is 2.09. The Hall–Kier alpha value is -2.21. The molecule has 0 unspecified atom stereocenters. The first-order valence-electron chi connectivity index (χ1n) is 6.71. The summed E-state index contributed by atoms with van der Waals surface area (Å²) in [6.07, 6.45) is 3.68. The van der Waals surface area contributed by atoms with Crippen LogP contribution in [0.1, 0.15) is 11.1 Å². The monoisotopic (exact) mass is 290 g/mol. The highest BCUT2D eigenvalue weighted by Crippen LogP contribution is 2.05. The minimum absolute atomic E-state index is 0.135. The maximum absolute atomic E-state index is 13.4. The number of aromatic nitrogens is 2. The molecule has 1 aromatic carbocycles. The van der Waals surface area contributed by atoms with Crippen molar-refractivity contribution < 1.29 is 9.18 Å². The topological polar surface area (TPSA) is 50.2 Å². The van der Waals surface area contributed by atoms with Crippen LogP contribution in [-0.2, 0) is 24.9 Å². The fourth-order valence-electron chi connectivity index (χ4n) is 2.06. The summed E-state index contributed by atoms with van der Waals surface area (Å²) in [5.74, 6) is -0.439. The summed E-state index contributed by atoms with van der Waals surface area (Å²) in [5.41, 5.74) is 1.53. The van der Waals surface area contributed by atoms with Crippen molar-refractivity contribution in [2.45, 2.75) is 13.1 Å². The van der Waals surface area contributed by atoms with Crippen molar-refractivity contribution in [2.75, 3.05) is 13.6 Å². The Morgan fingerprint density at radius 2 is 2.19 bits per heavy atom. The lowest BCUT2D eigenvalue weighted by molar-refractivity contribution is -0.122. The van der Waals surface area contributed by atoms with Gasteiger partial charge in [-0.15, -0.1) is 0 Å². The first-order chi connectivity index (χ1) is 10.0. The lowest BCUT2D eigenvalue weighted by atomic mass is 10.2. The largest absolute Gasteiger partial charge is 0.351 e. The van der Waals surface area contributed by atoms with Gasteiger partial charge in [-0.2, -0.15) is 5.10 Å². The molecule has 112 valence electrons. The van der Waals surface area contributed by atoms with Crippen LogP contribution in [0.4, 0.5) is 4.39 Å². The van der Waals surface area contributed by atoms with Gasteiger partial charge in [0.15, 0.2) is 0 Å². The Morgan fingerprint density at radius 1 is 1.43 bits per heavy atom. The normalized spacial score (nSPS) is 10.9. The second-order valence-corrected chi connectivity index (χ2v) is 5.06. The third-order valence-corrected chi connectivity index (χ3v) is 3.06. The van der Waals surface area contributed by atoms with E-state index in [1.54, 1.807) is 29.1 Å². The maximum atomic E-state index is 13.4. The van der Waals surface area contributed by atoms with E-state index in [2.05, 4.69) is 10.4 Å². The Kier molecular flexibility index (Phi) is 5.05. The average molecular weight is 290 g/mol. The van der Waals surface area contributed by atoms with Gasteiger partial charge in [0.25, 0.3) is 0 Å². The Bertz CT molecular complexity index is 611. The van der Waals surface area contributed by atoms with E-state index in [4.69, 9.17) is 0 Å². The number of aryl methyl sites for hydroxylation is 1. The summed E-state index contributed by atoms with van der Waals surface area (Å²) < 4.78 is 15.1. The molecule has 0 bridgehead atoms. The highest BCUT2D eigenvalue weighted by atomic mass is 19.1. The minimum atomic E-state index is -0.304. The number of likely N-dealkylation sites (N-methyl/N-ethyl adjacent to an activating group) is 1. The van der Waals surface area contributed by atoms with Crippen LogP contribution in [0.2, 0.25) is 0 Å². The van der Waals surface area contributed by atoms with Gasteiger partial charge < -0.3 is 5.32 Å². The molecule has 1 amide bonds. The smallest absolute Gasteiger partial charge is 0.234 e. The van der Waals surface area contributed by atoms with E-state index in [0.29, 0.717) is 12.1 Å². The molecule has 0 aliphatic heterocycles. The van der Waals surface area contributed by atoms with E-state index >= 15 is 0 Å². The van der Waals surface area contributed by atoms with Gasteiger partial charge >= 0.3 is 0 Å². The van der Waals surface area contributed by atoms with Crippen molar-refractivity contribution in [3.63, 3.8) is 0 Å². The molecule has 2 rings (SSSR count). The molecule has 0 saturated heterocycles. The van der Waals surface area contributed by atoms with Gasteiger partial charge in [-0.05, 0) is 13.1 Å². The summed E-state index contributed by atoms with van der Waals surface area (Å²) in [7, 11) is 3.71. The van der Waals surface area contributed by atoms with Gasteiger partial charge in [0.2, 0.25) is 5.91 Å². The molecule has 6 heteroatoms. The van der Waals surface area contributed by atoms with Gasteiger partial charge in [0, 0.05) is 37.5 Å². The number of carbonyl (C=O) groups is 1. The Morgan fingerprint density at radius 3 is 2.86 bits per heavy atom. The summed E-state index contributed by atoms with van der Waals surface area (Å²) in [6, 6.07) is 6.42. The number of benzene rings is 1. The van der Waals surface area contributed by atoms with E-state index in [1.807, 2.05) is 25.2 Å². The fraction of sp³-hybridized carbons (Fsp3) is 0.333. The first-order valence-corrected chi connectivity index (χ1v) is 6.71. The molecule has 0 spiro atoms. The minimum Gasteiger partial charge on any atom is -0.351 e. The maximum Gasteiger partial charge on any atom is 0.234 e. The number of carbonyl (C=O) groups excluding carboxylic acids is 1. The molecule has 0 atom stereocenters. The number of hydrogen-bond donors (Lipinski definition) is 1. The Balaban J connectivity index is 1.77. The predicted molar refractivity (Wildman–Crippen MR) is 77.8 cm³/mol. The van der Waals surface area contributed by atoms with E-state index in [-0.39, 0.29) is 24.8 Å². The number of nitrogens with one attached hydrogen (secondary N) is 1. The van der Waals surface area contributed by atoms with Crippen LogP contribution in [0.5, 0.6) is 0 Å². The SMILES string of the molecule is CN(CC(=O)NCc1ccccc1F)Cc1cnn(C)c1. The zero-order chi connectivity index (χ0) is 15.2. The van der Waals surface area contributed by atoms with Crippen molar-refractivity contribution in [3.05, 3.63) is 53.6 Å². The van der Waals surface area contributed by atoms with Crippen LogP contribution in [0.3, 0.4) is 0 Å². The van der Waals surface area contributed by atoms with E-state index in [9.17, 15) is 9.18 Å². The number of hydrogen-bond acceptors (Lipinski definition) is 3. The summed E-state index contributed by atoms with van der Waals surface area (Å²) in [4.78, 5) is 13.7. The molecule has 21 heavy (non-hydrogen) atoms. The molecule has 0 fully saturated rings. The lowest BCUT2D eigenvalue weighted by Gasteiger charge is -2.15. The summed E-state index contributed by atoms with van der Waals surface area (Å²) in [6.45, 7) is 1.09. The fourth-order valence-corrected chi connectivity index (χ4v) is 2.06. The quantitative estimate of drug-likeness (QED) is 0.872. The second kappa shape index (κ2) is 6.99. The molecule has 1 heterocycles. The van der Waals surface area contributed by atoms with Crippen molar-refractivity contribution in [3.8, 4) is 0 Å². The van der Waals surface area contributed by atoms with Crippen LogP contribution in [0.15, 0.2) is 36.7 Å². The summed E-state index contributed by atoms with van der Waals surface area (Å²) >= 11 is 0. The molecular formula is C15H19FN4O. The van der Waals surface area contributed by atoms with Gasteiger partial charge in [0.05, 0.1) is 12.7 Å². The third-order valence-electron chi connectivity index (χ3n) is 3.06. The third kappa shape index (κ3) is 4.68. The van der Waals surface area contributed by atoms with Crippen LogP contribution >= 0.6 is 0 Å². The van der Waals surface area contributed by atoms with Gasteiger partial charge in [0.1, 0.15) is 5.82 Å². The molecular weight excluding hydrogens is 271 g/mol. The standard InChI is InChI=1S/C15H19FN4O/c1-19(9-12-7-18-20(2)10-12)11-15(21)17-8-13-5-3-4-6-14(13)16/h3-7,10H,8-9,11H2,1-2H3,(H,17,21). The van der Waals surface area contributed by atoms with Crippen LogP contribution in [-0.4, -0.2) is 34.2 Å². The zero-order valence-electron chi connectivity index (χ0n) is 12.2. The number of rotatable bonds is 6. The zero-order valence-corrected chi connectivity index (χ0v) is 12.2. The molecule has 0 aliphatic rings. The van der Waals surface area contributed by atoms with Gasteiger partial charge in [-0.25, -0.2) is 4.39 Å². The van der Waals surface area contributed by atoms with Crippen molar-refractivity contribution in [2.24, 2.45) is 7.05 Å². The van der Waals surface area contributed by atoms with Gasteiger partial charge in [-0.1, -0.05) is 18.2 Å². The Labute approximate surface area is 123 Å². The molecule has 0 radical (unpaired) electrons. The lowest BCUT2D eigenvalue weighted by Crippen LogP contribution is -2.34. The first kappa shape index (κ1) is 15.2. The number of amides is 1. The van der Waals surface area contributed by atoms with Crippen LogP contribution in [0.25, 0.3) is 0 Å². The van der Waals surface area contributed by atoms with Crippen molar-refractivity contribution >= 4 is 5.91 Å². The number of nitrogens with zero attached hydrogens (tertiary/aromatic N) is 3. The highest BCUT2D eigenvalue weighted by molar-refractivity contribution is 5.77. The van der Waals surface area contributed by atoms with Crippen LogP contribution in [0, 0.1) is 5.82 Å². The second-order valence-electron chi connectivity index (χ2n) is 5.06. The molecule has 1 N–H and O–H groups in total. The van der Waals surface area contributed by atoms with Crippen molar-refractivity contribution in [1.29, 1.82) is 0 Å². The molecule has 0 aliphatic carbocycles. The predicted octanol–water partition coefficient (Wildman–Crippen LogP) is 1.31. The van der Waals surface area contributed by atoms with Crippen molar-refractivity contribution in [1.82, 2.24) is 20.0 Å². The molecule has 1 aromatic heterocycles. The van der Waals surface area contributed by atoms with E-state index in [0.717, 1.165) is 5.56 Å². The number of halogens is 1. The average Bonchev–Trinajstić information content (AvgIpc) is 2.83. The van der Waals surface area contributed by atoms with E-state index < -0.39 is 0 Å². The van der Waals surface area contributed by atoms with Gasteiger partial charge in [-0.3, -0.25) is 14.4 Å². The van der Waals surface area contributed by atoms with E-state index in [1.165, 1.54) is 6.07 Å². The molecule has 2 aromatic rings.